The first kappa shape index (κ1) is 12.6. The number of ether oxygens (including phenoxy) is 1. The van der Waals surface area contributed by atoms with E-state index in [4.69, 9.17) is 4.74 Å². The molecule has 18 heavy (non-hydrogen) atoms. The Balaban J connectivity index is 2.15. The fourth-order valence-electron chi connectivity index (χ4n) is 2.09. The highest BCUT2D eigenvalue weighted by Gasteiger charge is 2.15. The lowest BCUT2D eigenvalue weighted by Crippen LogP contribution is -2.35. The summed E-state index contributed by atoms with van der Waals surface area (Å²) < 4.78 is 5.08. The molecule has 0 amide bonds. The van der Waals surface area contributed by atoms with Crippen LogP contribution in [0, 0.1) is 10.1 Å². The average Bonchev–Trinajstić information content (AvgIpc) is 2.39. The predicted octanol–water partition coefficient (Wildman–Crippen LogP) is 1.77. The van der Waals surface area contributed by atoms with Crippen LogP contribution in [0.15, 0.2) is 18.2 Å². The lowest BCUT2D eigenvalue weighted by Gasteiger charge is -2.24. The zero-order chi connectivity index (χ0) is 13.0. The average molecular weight is 251 g/mol. The number of methoxy groups -OCH3 is 1. The molecular weight excluding hydrogens is 234 g/mol. The van der Waals surface area contributed by atoms with Crippen molar-refractivity contribution in [1.82, 2.24) is 5.32 Å². The van der Waals surface area contributed by atoms with Gasteiger partial charge in [0.25, 0.3) is 5.69 Å². The summed E-state index contributed by atoms with van der Waals surface area (Å²) in [5.74, 6) is 0.501. The van der Waals surface area contributed by atoms with Crippen molar-refractivity contribution in [3.05, 3.63) is 28.3 Å². The zero-order valence-corrected chi connectivity index (χ0v) is 10.3. The molecule has 0 saturated carbocycles. The summed E-state index contributed by atoms with van der Waals surface area (Å²) in [6, 6.07) is 5.12. The van der Waals surface area contributed by atoms with Crippen molar-refractivity contribution in [2.24, 2.45) is 0 Å². The van der Waals surface area contributed by atoms with Crippen LogP contribution in [-0.2, 0) is 0 Å². The van der Waals surface area contributed by atoms with Gasteiger partial charge in [-0.1, -0.05) is 0 Å². The minimum absolute atomic E-state index is 0.0470. The van der Waals surface area contributed by atoms with Gasteiger partial charge in [-0.2, -0.15) is 0 Å². The van der Waals surface area contributed by atoms with E-state index in [0.29, 0.717) is 11.8 Å². The van der Waals surface area contributed by atoms with Crippen LogP contribution in [-0.4, -0.2) is 31.2 Å². The van der Waals surface area contributed by atoms with E-state index < -0.39 is 4.92 Å². The Bertz CT molecular complexity index is 431. The summed E-state index contributed by atoms with van der Waals surface area (Å²) in [5, 5.41) is 17.4. The maximum atomic E-state index is 10.8. The maximum absolute atomic E-state index is 10.8. The van der Waals surface area contributed by atoms with E-state index in [0.717, 1.165) is 31.6 Å². The Labute approximate surface area is 105 Å². The Kier molecular flexibility index (Phi) is 3.99. The van der Waals surface area contributed by atoms with Crippen LogP contribution in [0.5, 0.6) is 5.75 Å². The molecule has 1 heterocycles. The van der Waals surface area contributed by atoms with Crippen molar-refractivity contribution in [2.75, 3.05) is 25.5 Å². The first-order chi connectivity index (χ1) is 8.69. The number of nitro groups is 1. The number of rotatable bonds is 4. The van der Waals surface area contributed by atoms with Crippen molar-refractivity contribution in [1.29, 1.82) is 0 Å². The summed E-state index contributed by atoms with van der Waals surface area (Å²) in [6.07, 6.45) is 2.04. The number of nitrogens with one attached hydrogen (secondary N) is 2. The van der Waals surface area contributed by atoms with E-state index in [1.54, 1.807) is 12.1 Å². The number of benzene rings is 1. The lowest BCUT2D eigenvalue weighted by molar-refractivity contribution is -0.384. The van der Waals surface area contributed by atoms with Crippen LogP contribution < -0.4 is 15.4 Å². The summed E-state index contributed by atoms with van der Waals surface area (Å²) in [5.41, 5.74) is 0.790. The molecule has 1 aliphatic heterocycles. The number of piperidine rings is 1. The number of nitro benzene ring substituents is 1. The van der Waals surface area contributed by atoms with Gasteiger partial charge in [0.1, 0.15) is 5.75 Å². The topological polar surface area (TPSA) is 76.4 Å². The highest BCUT2D eigenvalue weighted by molar-refractivity contribution is 5.56. The second-order valence-corrected chi connectivity index (χ2v) is 4.35. The molecule has 6 heteroatoms. The van der Waals surface area contributed by atoms with Gasteiger partial charge in [0, 0.05) is 23.9 Å². The van der Waals surface area contributed by atoms with Gasteiger partial charge >= 0.3 is 0 Å². The smallest absolute Gasteiger partial charge is 0.275 e. The van der Waals surface area contributed by atoms with E-state index in [9.17, 15) is 10.1 Å². The third kappa shape index (κ3) is 3.10. The van der Waals surface area contributed by atoms with Crippen molar-refractivity contribution >= 4 is 11.4 Å². The van der Waals surface area contributed by atoms with Gasteiger partial charge in [-0.15, -0.1) is 0 Å². The summed E-state index contributed by atoms with van der Waals surface area (Å²) >= 11 is 0. The first-order valence-corrected chi connectivity index (χ1v) is 6.00. The van der Waals surface area contributed by atoms with E-state index in [1.165, 1.54) is 13.2 Å². The molecule has 1 fully saturated rings. The molecule has 0 aliphatic carbocycles. The van der Waals surface area contributed by atoms with E-state index in [2.05, 4.69) is 10.6 Å². The minimum atomic E-state index is -0.407. The summed E-state index contributed by atoms with van der Waals surface area (Å²) in [4.78, 5) is 10.4. The highest BCUT2D eigenvalue weighted by atomic mass is 16.6. The molecule has 2 rings (SSSR count). The molecule has 1 saturated heterocycles. The Morgan fingerprint density at radius 2 is 2.11 bits per heavy atom. The molecule has 1 aromatic carbocycles. The van der Waals surface area contributed by atoms with Crippen molar-refractivity contribution in [3.8, 4) is 5.75 Å². The lowest BCUT2D eigenvalue weighted by atomic mass is 10.1. The van der Waals surface area contributed by atoms with Crippen LogP contribution in [0.3, 0.4) is 0 Å². The number of anilines is 1. The third-order valence-corrected chi connectivity index (χ3v) is 3.05. The van der Waals surface area contributed by atoms with E-state index in [1.807, 2.05) is 0 Å². The molecule has 2 N–H and O–H groups in total. The fraction of sp³-hybridized carbons (Fsp3) is 0.500. The number of non-ortho nitro benzene ring substituents is 1. The Morgan fingerprint density at radius 3 is 2.72 bits per heavy atom. The molecule has 0 spiro atoms. The molecule has 0 aromatic heterocycles. The number of hydrogen-bond donors (Lipinski definition) is 2. The normalized spacial score (nSPS) is 16.3. The summed E-state index contributed by atoms with van der Waals surface area (Å²) in [6.45, 7) is 1.95. The second-order valence-electron chi connectivity index (χ2n) is 4.35. The van der Waals surface area contributed by atoms with Crippen molar-refractivity contribution < 1.29 is 9.66 Å². The van der Waals surface area contributed by atoms with Crippen LogP contribution in [0.2, 0.25) is 0 Å². The standard InChI is InChI=1S/C12H17N3O3/c1-18-12-7-10(6-11(8-12)15(16)17)14-9-2-4-13-5-3-9/h6-9,13-14H,2-5H2,1H3. The van der Waals surface area contributed by atoms with Gasteiger partial charge in [0.15, 0.2) is 0 Å². The first-order valence-electron chi connectivity index (χ1n) is 6.00. The Morgan fingerprint density at radius 1 is 1.39 bits per heavy atom. The molecule has 0 atom stereocenters. The molecule has 1 aromatic rings. The Hall–Kier alpha value is -1.82. The highest BCUT2D eigenvalue weighted by Crippen LogP contribution is 2.26. The summed E-state index contributed by atoms with van der Waals surface area (Å²) in [7, 11) is 1.51. The molecule has 0 unspecified atom stereocenters. The van der Waals surface area contributed by atoms with Gasteiger partial charge in [0.2, 0.25) is 0 Å². The fourth-order valence-corrected chi connectivity index (χ4v) is 2.09. The third-order valence-electron chi connectivity index (χ3n) is 3.05. The molecule has 6 nitrogen and oxygen atoms in total. The maximum Gasteiger partial charge on any atom is 0.275 e. The van der Waals surface area contributed by atoms with Gasteiger partial charge in [-0.25, -0.2) is 0 Å². The molecule has 0 bridgehead atoms. The van der Waals surface area contributed by atoms with Gasteiger partial charge in [-0.3, -0.25) is 10.1 Å². The second kappa shape index (κ2) is 5.68. The molecule has 0 radical (unpaired) electrons. The van der Waals surface area contributed by atoms with Gasteiger partial charge < -0.3 is 15.4 Å². The van der Waals surface area contributed by atoms with E-state index in [-0.39, 0.29) is 5.69 Å². The van der Waals surface area contributed by atoms with Crippen LogP contribution >= 0.6 is 0 Å². The molecule has 98 valence electrons. The number of nitrogens with zero attached hydrogens (tertiary/aromatic N) is 1. The van der Waals surface area contributed by atoms with Crippen LogP contribution in [0.1, 0.15) is 12.8 Å². The van der Waals surface area contributed by atoms with Crippen molar-refractivity contribution in [3.63, 3.8) is 0 Å². The monoisotopic (exact) mass is 251 g/mol. The molecular formula is C12H17N3O3. The SMILES string of the molecule is COc1cc(NC2CCNCC2)cc([N+](=O)[O-])c1. The van der Waals surface area contributed by atoms with Gasteiger partial charge in [-0.05, 0) is 25.9 Å². The minimum Gasteiger partial charge on any atom is -0.496 e. The number of hydrogen-bond acceptors (Lipinski definition) is 5. The van der Waals surface area contributed by atoms with Gasteiger partial charge in [0.05, 0.1) is 18.1 Å². The largest absolute Gasteiger partial charge is 0.496 e. The van der Waals surface area contributed by atoms with Crippen molar-refractivity contribution in [2.45, 2.75) is 18.9 Å². The quantitative estimate of drug-likeness (QED) is 0.630. The predicted molar refractivity (Wildman–Crippen MR) is 69.2 cm³/mol. The van der Waals surface area contributed by atoms with E-state index >= 15 is 0 Å². The van der Waals surface area contributed by atoms with Crippen LogP contribution in [0.25, 0.3) is 0 Å². The van der Waals surface area contributed by atoms with Crippen LogP contribution in [0.4, 0.5) is 11.4 Å². The zero-order valence-electron chi connectivity index (χ0n) is 10.3. The molecule has 1 aliphatic rings.